The van der Waals surface area contributed by atoms with Crippen molar-refractivity contribution in [2.45, 2.75) is 51.0 Å². The third kappa shape index (κ3) is 1.82. The molecule has 0 unspecified atom stereocenters. The molecule has 0 atom stereocenters. The highest BCUT2D eigenvalue weighted by Gasteiger charge is 2.51. The molecule has 0 amide bonds. The van der Waals surface area contributed by atoms with E-state index in [1.165, 1.54) is 38.5 Å². The summed E-state index contributed by atoms with van der Waals surface area (Å²) in [5.74, 6) is 3.53. The van der Waals surface area contributed by atoms with Gasteiger partial charge in [0.2, 0.25) is 0 Å². The number of aryl methyl sites for hydroxylation is 1. The molecular formula is C17H21N3. The van der Waals surface area contributed by atoms with Gasteiger partial charge in [-0.2, -0.15) is 5.26 Å². The zero-order valence-electron chi connectivity index (χ0n) is 12.0. The highest BCUT2D eigenvalue weighted by Crippen LogP contribution is 2.56. The number of nitrogens with zero attached hydrogens (tertiary/aromatic N) is 2. The monoisotopic (exact) mass is 267 g/mol. The lowest BCUT2D eigenvalue weighted by molar-refractivity contribution is 0.0105. The van der Waals surface area contributed by atoms with Gasteiger partial charge in [0.15, 0.2) is 0 Å². The Bertz CT molecular complexity index is 549. The highest BCUT2D eigenvalue weighted by molar-refractivity contribution is 5.56. The number of hydrogen-bond acceptors (Lipinski definition) is 3. The minimum Gasteiger partial charge on any atom is -0.364 e. The van der Waals surface area contributed by atoms with Gasteiger partial charge in [-0.25, -0.2) is 4.98 Å². The zero-order valence-corrected chi connectivity index (χ0v) is 12.0. The molecule has 0 radical (unpaired) electrons. The second-order valence-corrected chi connectivity index (χ2v) is 7.29. The molecular weight excluding hydrogens is 246 g/mol. The van der Waals surface area contributed by atoms with Crippen molar-refractivity contribution < 1.29 is 0 Å². The van der Waals surface area contributed by atoms with Crippen LogP contribution in [0.25, 0.3) is 0 Å². The van der Waals surface area contributed by atoms with E-state index < -0.39 is 0 Å². The first kappa shape index (κ1) is 12.2. The van der Waals surface area contributed by atoms with Gasteiger partial charge in [0.25, 0.3) is 0 Å². The summed E-state index contributed by atoms with van der Waals surface area (Å²) in [6, 6.07) is 4.24. The van der Waals surface area contributed by atoms with Gasteiger partial charge >= 0.3 is 0 Å². The van der Waals surface area contributed by atoms with Crippen LogP contribution >= 0.6 is 0 Å². The lowest BCUT2D eigenvalue weighted by Gasteiger charge is -2.57. The van der Waals surface area contributed by atoms with E-state index in [1.807, 2.05) is 19.2 Å². The molecule has 4 aliphatic carbocycles. The average molecular weight is 267 g/mol. The van der Waals surface area contributed by atoms with Crippen LogP contribution < -0.4 is 5.32 Å². The predicted octanol–water partition coefficient (Wildman–Crippen LogP) is 3.64. The van der Waals surface area contributed by atoms with Gasteiger partial charge < -0.3 is 5.32 Å². The van der Waals surface area contributed by atoms with E-state index in [4.69, 9.17) is 0 Å². The number of hydrogen-bond donors (Lipinski definition) is 1. The van der Waals surface area contributed by atoms with E-state index in [-0.39, 0.29) is 5.54 Å². The van der Waals surface area contributed by atoms with Crippen LogP contribution in [0.2, 0.25) is 0 Å². The third-order valence-corrected chi connectivity index (χ3v) is 5.69. The van der Waals surface area contributed by atoms with Gasteiger partial charge in [0, 0.05) is 11.7 Å². The van der Waals surface area contributed by atoms with Crippen LogP contribution in [0.5, 0.6) is 0 Å². The van der Waals surface area contributed by atoms with Crippen molar-refractivity contribution in [3.8, 4) is 6.07 Å². The van der Waals surface area contributed by atoms with Crippen LogP contribution in [-0.4, -0.2) is 10.5 Å². The summed E-state index contributed by atoms with van der Waals surface area (Å²) in [7, 11) is 0. The van der Waals surface area contributed by atoms with Crippen molar-refractivity contribution in [2.75, 3.05) is 5.32 Å². The predicted molar refractivity (Wildman–Crippen MR) is 78.2 cm³/mol. The summed E-state index contributed by atoms with van der Waals surface area (Å²) < 4.78 is 0. The van der Waals surface area contributed by atoms with Gasteiger partial charge in [0.05, 0.1) is 5.56 Å². The molecule has 1 aromatic rings. The molecule has 104 valence electrons. The molecule has 4 bridgehead atoms. The maximum absolute atomic E-state index is 9.38. The van der Waals surface area contributed by atoms with Crippen LogP contribution in [0.1, 0.15) is 49.7 Å². The first-order chi connectivity index (χ1) is 9.67. The molecule has 1 N–H and O–H groups in total. The number of pyridine rings is 1. The summed E-state index contributed by atoms with van der Waals surface area (Å²) in [5.41, 5.74) is 1.97. The molecule has 3 nitrogen and oxygen atoms in total. The molecule has 5 rings (SSSR count). The average Bonchev–Trinajstić information content (AvgIpc) is 2.36. The Morgan fingerprint density at radius 2 is 1.80 bits per heavy atom. The largest absolute Gasteiger partial charge is 0.364 e. The Kier molecular flexibility index (Phi) is 2.57. The molecule has 0 aliphatic heterocycles. The number of rotatable bonds is 2. The quantitative estimate of drug-likeness (QED) is 0.890. The molecule has 1 heterocycles. The fourth-order valence-electron chi connectivity index (χ4n) is 5.31. The van der Waals surface area contributed by atoms with E-state index in [9.17, 15) is 5.26 Å². The molecule has 4 aliphatic rings. The number of nitrogens with one attached hydrogen (secondary N) is 1. The van der Waals surface area contributed by atoms with E-state index in [1.54, 1.807) is 0 Å². The minimum atomic E-state index is 0.223. The van der Waals surface area contributed by atoms with Crippen LogP contribution in [0.3, 0.4) is 0 Å². The fourth-order valence-corrected chi connectivity index (χ4v) is 5.31. The SMILES string of the molecule is Cc1ccnc(NC23CC4CC(CC(C4)C2)C3)c1C#N. The number of anilines is 1. The van der Waals surface area contributed by atoms with Crippen molar-refractivity contribution in [3.05, 3.63) is 23.4 Å². The smallest absolute Gasteiger partial charge is 0.144 e. The normalized spacial score (nSPS) is 37.7. The maximum Gasteiger partial charge on any atom is 0.144 e. The molecule has 0 saturated heterocycles. The Hall–Kier alpha value is -1.56. The summed E-state index contributed by atoms with van der Waals surface area (Å²) >= 11 is 0. The van der Waals surface area contributed by atoms with Crippen LogP contribution in [0.4, 0.5) is 5.82 Å². The van der Waals surface area contributed by atoms with Crippen molar-refractivity contribution in [2.24, 2.45) is 17.8 Å². The van der Waals surface area contributed by atoms with E-state index in [0.29, 0.717) is 0 Å². The van der Waals surface area contributed by atoms with Gasteiger partial charge in [0.1, 0.15) is 11.9 Å². The molecule has 4 fully saturated rings. The molecule has 1 aromatic heterocycles. The first-order valence-electron chi connectivity index (χ1n) is 7.81. The second-order valence-electron chi connectivity index (χ2n) is 7.29. The second kappa shape index (κ2) is 4.22. The Morgan fingerprint density at radius 1 is 1.20 bits per heavy atom. The maximum atomic E-state index is 9.38. The van der Waals surface area contributed by atoms with Crippen LogP contribution in [0.15, 0.2) is 12.3 Å². The standard InChI is InChI=1S/C17H21N3/c1-11-2-3-19-16(15(11)10-18)20-17-7-12-4-13(8-17)6-14(5-12)9-17/h2-3,12-14H,4-9H2,1H3,(H,19,20). The van der Waals surface area contributed by atoms with Crippen molar-refractivity contribution in [1.82, 2.24) is 4.98 Å². The Labute approximate surface area is 120 Å². The zero-order chi connectivity index (χ0) is 13.7. The van der Waals surface area contributed by atoms with Crippen molar-refractivity contribution in [3.63, 3.8) is 0 Å². The Morgan fingerprint density at radius 3 is 2.35 bits per heavy atom. The van der Waals surface area contributed by atoms with Crippen molar-refractivity contribution in [1.29, 1.82) is 5.26 Å². The Balaban J connectivity index is 1.67. The third-order valence-electron chi connectivity index (χ3n) is 5.69. The summed E-state index contributed by atoms with van der Waals surface area (Å²) in [5, 5.41) is 13.1. The first-order valence-corrected chi connectivity index (χ1v) is 7.81. The molecule has 4 saturated carbocycles. The summed E-state index contributed by atoms with van der Waals surface area (Å²) in [6.45, 7) is 1.99. The number of nitriles is 1. The van der Waals surface area contributed by atoms with E-state index >= 15 is 0 Å². The minimum absolute atomic E-state index is 0.223. The highest BCUT2D eigenvalue weighted by atomic mass is 15.1. The van der Waals surface area contributed by atoms with E-state index in [0.717, 1.165) is 34.7 Å². The van der Waals surface area contributed by atoms with Gasteiger partial charge in [-0.05, 0) is 74.8 Å². The topological polar surface area (TPSA) is 48.7 Å². The van der Waals surface area contributed by atoms with Crippen LogP contribution in [0, 0.1) is 36.0 Å². The van der Waals surface area contributed by atoms with Crippen LogP contribution in [-0.2, 0) is 0 Å². The molecule has 0 spiro atoms. The summed E-state index contributed by atoms with van der Waals surface area (Å²) in [6.07, 6.45) is 9.96. The molecule has 0 aromatic carbocycles. The fraction of sp³-hybridized carbons (Fsp3) is 0.647. The van der Waals surface area contributed by atoms with E-state index in [2.05, 4.69) is 16.4 Å². The number of aromatic nitrogens is 1. The van der Waals surface area contributed by atoms with Gasteiger partial charge in [-0.15, -0.1) is 0 Å². The molecule has 20 heavy (non-hydrogen) atoms. The molecule has 3 heteroatoms. The van der Waals surface area contributed by atoms with Gasteiger partial charge in [-0.1, -0.05) is 0 Å². The lowest BCUT2D eigenvalue weighted by Crippen LogP contribution is -2.55. The van der Waals surface area contributed by atoms with Gasteiger partial charge in [-0.3, -0.25) is 0 Å². The summed E-state index contributed by atoms with van der Waals surface area (Å²) in [4.78, 5) is 4.45. The van der Waals surface area contributed by atoms with Crippen molar-refractivity contribution >= 4 is 5.82 Å². The lowest BCUT2D eigenvalue weighted by atomic mass is 9.53.